The van der Waals surface area contributed by atoms with Crippen LogP contribution >= 0.6 is 0 Å². The first kappa shape index (κ1) is 17.4. The number of rotatable bonds is 6. The van der Waals surface area contributed by atoms with Crippen LogP contribution < -0.4 is 5.32 Å². The Kier molecular flexibility index (Phi) is 6.01. The second-order valence-corrected chi connectivity index (χ2v) is 6.37. The van der Waals surface area contributed by atoms with Crippen molar-refractivity contribution < 1.29 is 9.53 Å². The van der Waals surface area contributed by atoms with Crippen molar-refractivity contribution >= 4 is 6.03 Å². The highest BCUT2D eigenvalue weighted by Crippen LogP contribution is 2.21. The normalized spacial score (nSPS) is 17.9. The number of carbonyl (C=O) groups excluding carboxylic acids is 1. The van der Waals surface area contributed by atoms with Crippen LogP contribution in [0.25, 0.3) is 0 Å². The van der Waals surface area contributed by atoms with E-state index in [0.29, 0.717) is 13.1 Å². The van der Waals surface area contributed by atoms with E-state index >= 15 is 0 Å². The Hall–Kier alpha value is -2.40. The van der Waals surface area contributed by atoms with Crippen LogP contribution in [-0.4, -0.2) is 35.2 Å². The summed E-state index contributed by atoms with van der Waals surface area (Å²) in [6.45, 7) is 3.89. The summed E-state index contributed by atoms with van der Waals surface area (Å²) in [6.07, 6.45) is 3.97. The van der Waals surface area contributed by atoms with Crippen molar-refractivity contribution in [3.63, 3.8) is 0 Å². The summed E-state index contributed by atoms with van der Waals surface area (Å²) >= 11 is 0. The molecule has 132 valence electrons. The van der Waals surface area contributed by atoms with Gasteiger partial charge in [0.15, 0.2) is 0 Å². The van der Waals surface area contributed by atoms with Gasteiger partial charge in [-0.2, -0.15) is 0 Å². The largest absolute Gasteiger partial charge is 0.376 e. The van der Waals surface area contributed by atoms with Gasteiger partial charge in [-0.05, 0) is 37.5 Å². The summed E-state index contributed by atoms with van der Waals surface area (Å²) < 4.78 is 5.60. The molecule has 3 rings (SSSR count). The third-order valence-electron chi connectivity index (χ3n) is 4.54. The molecule has 2 amide bonds. The summed E-state index contributed by atoms with van der Waals surface area (Å²) in [4.78, 5) is 19.1. The van der Waals surface area contributed by atoms with Crippen molar-refractivity contribution in [3.05, 3.63) is 66.0 Å². The molecule has 5 heteroatoms. The maximum Gasteiger partial charge on any atom is 0.318 e. The van der Waals surface area contributed by atoms with Gasteiger partial charge in [0.05, 0.1) is 17.8 Å². The lowest BCUT2D eigenvalue weighted by Gasteiger charge is -2.29. The van der Waals surface area contributed by atoms with E-state index in [0.717, 1.165) is 30.7 Å². The summed E-state index contributed by atoms with van der Waals surface area (Å²) in [7, 11) is 0. The molecular formula is C20H25N3O2. The summed E-state index contributed by atoms with van der Waals surface area (Å²) in [5.74, 6) is 0. The van der Waals surface area contributed by atoms with Gasteiger partial charge < -0.3 is 15.0 Å². The van der Waals surface area contributed by atoms with Crippen molar-refractivity contribution in [1.82, 2.24) is 15.2 Å². The van der Waals surface area contributed by atoms with E-state index in [4.69, 9.17) is 4.74 Å². The molecule has 1 aliphatic heterocycles. The van der Waals surface area contributed by atoms with Crippen LogP contribution in [0.4, 0.5) is 4.79 Å². The first-order chi connectivity index (χ1) is 12.2. The van der Waals surface area contributed by atoms with Gasteiger partial charge in [-0.1, -0.05) is 36.4 Å². The lowest BCUT2D eigenvalue weighted by atomic mass is 10.1. The van der Waals surface area contributed by atoms with Crippen molar-refractivity contribution in [3.8, 4) is 0 Å². The molecule has 0 aliphatic carbocycles. The van der Waals surface area contributed by atoms with Crippen LogP contribution in [0.3, 0.4) is 0 Å². The van der Waals surface area contributed by atoms with Crippen molar-refractivity contribution in [2.75, 3.05) is 13.2 Å². The third-order valence-corrected chi connectivity index (χ3v) is 4.54. The lowest BCUT2D eigenvalue weighted by Crippen LogP contribution is -2.43. The van der Waals surface area contributed by atoms with Gasteiger partial charge in [-0.25, -0.2) is 4.79 Å². The van der Waals surface area contributed by atoms with Gasteiger partial charge in [-0.3, -0.25) is 4.98 Å². The van der Waals surface area contributed by atoms with Gasteiger partial charge in [0, 0.05) is 25.9 Å². The van der Waals surface area contributed by atoms with Crippen LogP contribution in [-0.2, 0) is 11.3 Å². The van der Waals surface area contributed by atoms with Gasteiger partial charge in [0.2, 0.25) is 0 Å². The smallest absolute Gasteiger partial charge is 0.318 e. The molecule has 1 N–H and O–H groups in total. The molecule has 0 spiro atoms. The molecule has 2 atom stereocenters. The zero-order valence-electron chi connectivity index (χ0n) is 14.6. The molecule has 5 nitrogen and oxygen atoms in total. The van der Waals surface area contributed by atoms with Crippen LogP contribution in [0.15, 0.2) is 54.7 Å². The van der Waals surface area contributed by atoms with Crippen LogP contribution in [0.2, 0.25) is 0 Å². The monoisotopic (exact) mass is 339 g/mol. The number of aromatic nitrogens is 1. The first-order valence-corrected chi connectivity index (χ1v) is 8.85. The molecule has 1 fully saturated rings. The Morgan fingerprint density at radius 1 is 1.28 bits per heavy atom. The fourth-order valence-corrected chi connectivity index (χ4v) is 3.06. The number of carbonyl (C=O) groups is 1. The second kappa shape index (κ2) is 8.62. The maximum absolute atomic E-state index is 12.9. The molecule has 1 aromatic carbocycles. The topological polar surface area (TPSA) is 54.5 Å². The van der Waals surface area contributed by atoms with E-state index in [1.54, 1.807) is 6.20 Å². The fraction of sp³-hybridized carbons (Fsp3) is 0.400. The average molecular weight is 339 g/mol. The minimum absolute atomic E-state index is 0.0856. The van der Waals surface area contributed by atoms with Crippen molar-refractivity contribution in [1.29, 1.82) is 0 Å². The molecule has 25 heavy (non-hydrogen) atoms. The fourth-order valence-electron chi connectivity index (χ4n) is 3.06. The Bertz CT molecular complexity index is 657. The standard InChI is InChI=1S/C20H25N3O2/c1-16(19-11-5-6-12-21-19)23(15-17-8-3-2-4-9-17)20(24)22-14-18-10-7-13-25-18/h2-6,8-9,11-12,16,18H,7,10,13-15H2,1H3,(H,22,24)/t16-,18+/m1/s1. The Labute approximate surface area is 149 Å². The van der Waals surface area contributed by atoms with Crippen molar-refractivity contribution in [2.45, 2.75) is 38.5 Å². The minimum Gasteiger partial charge on any atom is -0.376 e. The van der Waals surface area contributed by atoms with Gasteiger partial charge in [-0.15, -0.1) is 0 Å². The maximum atomic E-state index is 12.9. The number of pyridine rings is 1. The molecule has 0 radical (unpaired) electrons. The van der Waals surface area contributed by atoms with Gasteiger partial charge in [0.1, 0.15) is 0 Å². The number of nitrogens with zero attached hydrogens (tertiary/aromatic N) is 2. The number of nitrogens with one attached hydrogen (secondary N) is 1. The number of urea groups is 1. The SMILES string of the molecule is C[C@H](c1ccccn1)N(Cc1ccccc1)C(=O)NC[C@@H]1CCCO1. The molecule has 2 heterocycles. The highest BCUT2D eigenvalue weighted by atomic mass is 16.5. The summed E-state index contributed by atoms with van der Waals surface area (Å²) in [6, 6.07) is 15.6. The van der Waals surface area contributed by atoms with Crippen LogP contribution in [0, 0.1) is 0 Å². The molecule has 0 bridgehead atoms. The van der Waals surface area contributed by atoms with Crippen molar-refractivity contribution in [2.24, 2.45) is 0 Å². The Morgan fingerprint density at radius 2 is 2.08 bits per heavy atom. The molecule has 1 saturated heterocycles. The van der Waals surface area contributed by atoms with E-state index in [2.05, 4.69) is 10.3 Å². The Morgan fingerprint density at radius 3 is 2.76 bits per heavy atom. The molecule has 2 aromatic rings. The molecule has 0 unspecified atom stereocenters. The number of ether oxygens (including phenoxy) is 1. The number of hydrogen-bond donors (Lipinski definition) is 1. The van der Waals surface area contributed by atoms with E-state index < -0.39 is 0 Å². The minimum atomic E-state index is -0.120. The zero-order valence-corrected chi connectivity index (χ0v) is 14.6. The zero-order chi connectivity index (χ0) is 17.5. The van der Waals surface area contributed by atoms with E-state index in [9.17, 15) is 4.79 Å². The van der Waals surface area contributed by atoms with E-state index in [1.807, 2.05) is 60.4 Å². The molecule has 1 aliphatic rings. The lowest BCUT2D eigenvalue weighted by molar-refractivity contribution is 0.107. The number of hydrogen-bond acceptors (Lipinski definition) is 3. The number of amides is 2. The first-order valence-electron chi connectivity index (χ1n) is 8.85. The molecule has 0 saturated carbocycles. The van der Waals surface area contributed by atoms with Gasteiger partial charge >= 0.3 is 6.03 Å². The summed E-state index contributed by atoms with van der Waals surface area (Å²) in [5.41, 5.74) is 1.98. The second-order valence-electron chi connectivity index (χ2n) is 6.37. The Balaban J connectivity index is 1.71. The quantitative estimate of drug-likeness (QED) is 0.876. The third kappa shape index (κ3) is 4.79. The highest BCUT2D eigenvalue weighted by Gasteiger charge is 2.24. The predicted octanol–water partition coefficient (Wildman–Crippen LogP) is 3.53. The number of benzene rings is 1. The predicted molar refractivity (Wildman–Crippen MR) is 97.0 cm³/mol. The summed E-state index contributed by atoms with van der Waals surface area (Å²) in [5, 5.41) is 3.03. The molecule has 1 aromatic heterocycles. The van der Waals surface area contributed by atoms with Gasteiger partial charge in [0.25, 0.3) is 0 Å². The van der Waals surface area contributed by atoms with Crippen LogP contribution in [0.1, 0.15) is 37.1 Å². The van der Waals surface area contributed by atoms with E-state index in [1.165, 1.54) is 0 Å². The van der Waals surface area contributed by atoms with E-state index in [-0.39, 0.29) is 18.2 Å². The average Bonchev–Trinajstić information content (AvgIpc) is 3.19. The highest BCUT2D eigenvalue weighted by molar-refractivity contribution is 5.74. The molecular weight excluding hydrogens is 314 g/mol. The van der Waals surface area contributed by atoms with Crippen LogP contribution in [0.5, 0.6) is 0 Å².